The third-order valence-electron chi connectivity index (χ3n) is 4.37. The van der Waals surface area contributed by atoms with Gasteiger partial charge in [0, 0.05) is 17.8 Å². The Morgan fingerprint density at radius 1 is 1.15 bits per heavy atom. The van der Waals surface area contributed by atoms with Gasteiger partial charge in [0.05, 0.1) is 23.2 Å². The van der Waals surface area contributed by atoms with Gasteiger partial charge in [0.1, 0.15) is 11.0 Å². The molecule has 0 spiro atoms. The molecule has 0 saturated carbocycles. The minimum Gasteiger partial charge on any atom is -0.322 e. The lowest BCUT2D eigenvalue weighted by Gasteiger charge is -2.19. The number of nitrogens with zero attached hydrogens (tertiary/aromatic N) is 3. The Bertz CT molecular complexity index is 1110. The number of fused-ring (bicyclic) bond motifs is 1. The van der Waals surface area contributed by atoms with Crippen molar-refractivity contribution in [3.05, 3.63) is 47.5 Å². The van der Waals surface area contributed by atoms with Crippen molar-refractivity contribution in [1.29, 1.82) is 0 Å². The molecule has 0 bridgehead atoms. The Hall–Kier alpha value is -2.52. The number of anilines is 2. The summed E-state index contributed by atoms with van der Waals surface area (Å²) in [6.07, 6.45) is 0.611. The molecule has 1 aromatic heterocycles. The number of carbonyl (C=O) groups is 1. The Balaban J connectivity index is 1.63. The van der Waals surface area contributed by atoms with E-state index in [-0.39, 0.29) is 11.7 Å². The van der Waals surface area contributed by atoms with Crippen LogP contribution in [0.15, 0.2) is 36.4 Å². The number of nitrogens with one attached hydrogen (secondary N) is 1. The molecule has 134 valence electrons. The Kier molecular flexibility index (Phi) is 4.12. The van der Waals surface area contributed by atoms with Crippen LogP contribution in [0.25, 0.3) is 11.0 Å². The summed E-state index contributed by atoms with van der Waals surface area (Å²) >= 11 is 1.10. The van der Waals surface area contributed by atoms with E-state index in [1.807, 2.05) is 13.0 Å². The van der Waals surface area contributed by atoms with Crippen LogP contribution in [0.2, 0.25) is 0 Å². The van der Waals surface area contributed by atoms with Crippen molar-refractivity contribution in [3.63, 3.8) is 0 Å². The summed E-state index contributed by atoms with van der Waals surface area (Å²) in [5, 5.41) is 2.87. The number of hydrogen-bond acceptors (Lipinski definition) is 6. The second-order valence-electron chi connectivity index (χ2n) is 6.16. The maximum Gasteiger partial charge on any atom is 0.255 e. The number of aromatic nitrogens is 2. The average Bonchev–Trinajstić information content (AvgIpc) is 3.21. The molecule has 1 N–H and O–H groups in total. The molecule has 1 saturated heterocycles. The van der Waals surface area contributed by atoms with Crippen LogP contribution in [0.3, 0.4) is 0 Å². The summed E-state index contributed by atoms with van der Waals surface area (Å²) in [6.45, 7) is 2.33. The molecule has 9 heteroatoms. The van der Waals surface area contributed by atoms with E-state index in [0.29, 0.717) is 35.4 Å². The first kappa shape index (κ1) is 16.9. The van der Waals surface area contributed by atoms with Crippen molar-refractivity contribution >= 4 is 50.1 Å². The van der Waals surface area contributed by atoms with Crippen molar-refractivity contribution in [2.45, 2.75) is 13.3 Å². The molecule has 1 amide bonds. The van der Waals surface area contributed by atoms with Gasteiger partial charge < -0.3 is 5.32 Å². The van der Waals surface area contributed by atoms with Gasteiger partial charge in [-0.15, -0.1) is 0 Å². The van der Waals surface area contributed by atoms with Crippen molar-refractivity contribution in [2.75, 3.05) is 21.9 Å². The summed E-state index contributed by atoms with van der Waals surface area (Å²) in [5.74, 6) is -0.117. The van der Waals surface area contributed by atoms with Gasteiger partial charge in [-0.25, -0.2) is 8.42 Å². The van der Waals surface area contributed by atoms with Crippen LogP contribution in [0, 0.1) is 6.92 Å². The van der Waals surface area contributed by atoms with E-state index in [9.17, 15) is 13.2 Å². The molecule has 4 rings (SSSR count). The van der Waals surface area contributed by atoms with Gasteiger partial charge in [0.25, 0.3) is 5.91 Å². The maximum absolute atomic E-state index is 12.6. The number of rotatable bonds is 3. The number of aryl methyl sites for hydroxylation is 1. The highest BCUT2D eigenvalue weighted by Crippen LogP contribution is 2.29. The van der Waals surface area contributed by atoms with Gasteiger partial charge in [-0.1, -0.05) is 6.07 Å². The topological polar surface area (TPSA) is 92.3 Å². The lowest BCUT2D eigenvalue weighted by Crippen LogP contribution is -2.25. The molecule has 0 unspecified atom stereocenters. The van der Waals surface area contributed by atoms with Crippen LogP contribution in [0.1, 0.15) is 22.3 Å². The summed E-state index contributed by atoms with van der Waals surface area (Å²) in [5.41, 5.74) is 3.92. The molecule has 1 fully saturated rings. The van der Waals surface area contributed by atoms with Crippen molar-refractivity contribution in [1.82, 2.24) is 8.75 Å². The Labute approximate surface area is 155 Å². The summed E-state index contributed by atoms with van der Waals surface area (Å²) in [7, 11) is -3.26. The van der Waals surface area contributed by atoms with Gasteiger partial charge in [0.2, 0.25) is 10.0 Å². The standard InChI is InChI=1S/C17H16N4O3S2/c1-11-3-5-13(21-7-2-8-26(21,23)24)10-15(11)18-17(22)12-4-6-14-16(9-12)20-25-19-14/h3-6,9-10H,2,7-8H2,1H3,(H,18,22). The summed E-state index contributed by atoms with van der Waals surface area (Å²) in [6, 6.07) is 10.4. The van der Waals surface area contributed by atoms with Crippen molar-refractivity contribution in [3.8, 4) is 0 Å². The highest BCUT2D eigenvalue weighted by molar-refractivity contribution is 7.93. The zero-order chi connectivity index (χ0) is 18.3. The van der Waals surface area contributed by atoms with E-state index >= 15 is 0 Å². The quantitative estimate of drug-likeness (QED) is 0.745. The normalized spacial score (nSPS) is 16.1. The Morgan fingerprint density at radius 2 is 1.96 bits per heavy atom. The molecule has 26 heavy (non-hydrogen) atoms. The van der Waals surface area contributed by atoms with Crippen LogP contribution in [0.5, 0.6) is 0 Å². The molecule has 7 nitrogen and oxygen atoms in total. The van der Waals surface area contributed by atoms with Crippen LogP contribution in [0.4, 0.5) is 11.4 Å². The van der Waals surface area contributed by atoms with E-state index in [2.05, 4.69) is 14.1 Å². The first-order valence-electron chi connectivity index (χ1n) is 8.09. The zero-order valence-electron chi connectivity index (χ0n) is 14.0. The molecule has 0 atom stereocenters. The number of carbonyl (C=O) groups excluding carboxylic acids is 1. The van der Waals surface area contributed by atoms with Gasteiger partial charge in [-0.3, -0.25) is 9.10 Å². The maximum atomic E-state index is 12.6. The third-order valence-corrected chi connectivity index (χ3v) is 6.80. The second-order valence-corrected chi connectivity index (χ2v) is 8.70. The van der Waals surface area contributed by atoms with Crippen LogP contribution < -0.4 is 9.62 Å². The molecule has 3 aromatic rings. The minimum atomic E-state index is -3.26. The van der Waals surface area contributed by atoms with Crippen molar-refractivity contribution in [2.24, 2.45) is 0 Å². The van der Waals surface area contributed by atoms with Gasteiger partial charge >= 0.3 is 0 Å². The van der Waals surface area contributed by atoms with E-state index in [4.69, 9.17) is 0 Å². The van der Waals surface area contributed by atoms with Gasteiger partial charge in [-0.2, -0.15) is 8.75 Å². The second kappa shape index (κ2) is 6.33. The summed E-state index contributed by atoms with van der Waals surface area (Å²) in [4.78, 5) is 12.6. The highest BCUT2D eigenvalue weighted by Gasteiger charge is 2.28. The molecular formula is C17H16N4O3S2. The lowest BCUT2D eigenvalue weighted by atomic mass is 10.1. The molecule has 2 heterocycles. The van der Waals surface area contributed by atoms with E-state index in [1.54, 1.807) is 30.3 Å². The van der Waals surface area contributed by atoms with Crippen LogP contribution in [-0.4, -0.2) is 35.4 Å². The third kappa shape index (κ3) is 3.04. The fourth-order valence-corrected chi connectivity index (χ4v) is 5.02. The first-order valence-corrected chi connectivity index (χ1v) is 10.4. The number of benzene rings is 2. The lowest BCUT2D eigenvalue weighted by molar-refractivity contribution is 0.102. The number of hydrogen-bond donors (Lipinski definition) is 1. The van der Waals surface area contributed by atoms with E-state index < -0.39 is 10.0 Å². The minimum absolute atomic E-state index is 0.157. The highest BCUT2D eigenvalue weighted by atomic mass is 32.2. The molecular weight excluding hydrogens is 372 g/mol. The van der Waals surface area contributed by atoms with Gasteiger partial charge in [0.15, 0.2) is 0 Å². The predicted molar refractivity (Wildman–Crippen MR) is 102 cm³/mol. The van der Waals surface area contributed by atoms with Gasteiger partial charge in [-0.05, 0) is 49.2 Å². The van der Waals surface area contributed by atoms with Crippen molar-refractivity contribution < 1.29 is 13.2 Å². The Morgan fingerprint density at radius 3 is 2.73 bits per heavy atom. The number of sulfonamides is 1. The molecule has 1 aliphatic heterocycles. The molecule has 0 radical (unpaired) electrons. The van der Waals surface area contributed by atoms with E-state index in [1.165, 1.54) is 4.31 Å². The summed E-state index contributed by atoms with van der Waals surface area (Å²) < 4.78 is 33.9. The number of amides is 1. The SMILES string of the molecule is Cc1ccc(N2CCCS2(=O)=O)cc1NC(=O)c1ccc2nsnc2c1. The van der Waals surface area contributed by atoms with E-state index in [0.717, 1.165) is 22.8 Å². The largest absolute Gasteiger partial charge is 0.322 e. The monoisotopic (exact) mass is 388 g/mol. The first-order chi connectivity index (χ1) is 12.4. The fourth-order valence-electron chi connectivity index (χ4n) is 2.95. The zero-order valence-corrected chi connectivity index (χ0v) is 15.6. The molecule has 2 aromatic carbocycles. The predicted octanol–water partition coefficient (Wildman–Crippen LogP) is 2.79. The molecule has 1 aliphatic rings. The average molecular weight is 388 g/mol. The van der Waals surface area contributed by atoms with Crippen LogP contribution in [-0.2, 0) is 10.0 Å². The van der Waals surface area contributed by atoms with Crippen LogP contribution >= 0.6 is 11.7 Å². The molecule has 0 aliphatic carbocycles. The smallest absolute Gasteiger partial charge is 0.255 e. The fraction of sp³-hybridized carbons (Fsp3) is 0.235.